The van der Waals surface area contributed by atoms with E-state index in [2.05, 4.69) is 71.7 Å². The average Bonchev–Trinajstić information content (AvgIpc) is 2.67. The van der Waals surface area contributed by atoms with Crippen molar-refractivity contribution in [3.8, 4) is 0 Å². The molecule has 0 radical (unpaired) electrons. The monoisotopic (exact) mass is 367 g/mol. The number of benzene rings is 1. The molecule has 27 heavy (non-hydrogen) atoms. The van der Waals surface area contributed by atoms with Crippen molar-refractivity contribution in [1.82, 2.24) is 24.7 Å². The van der Waals surface area contributed by atoms with Gasteiger partial charge in [0.05, 0.1) is 5.69 Å². The molecule has 0 amide bonds. The smallest absolute Gasteiger partial charge is 0.115 e. The predicted molar refractivity (Wildman–Crippen MR) is 111 cm³/mol. The van der Waals surface area contributed by atoms with E-state index in [1.807, 2.05) is 12.3 Å². The lowest BCUT2D eigenvalue weighted by molar-refractivity contribution is 0.148. The number of aromatic nitrogens is 2. The molecule has 1 fully saturated rings. The van der Waals surface area contributed by atoms with Gasteiger partial charge in [0.1, 0.15) is 6.33 Å². The molecule has 1 atom stereocenters. The second-order valence-corrected chi connectivity index (χ2v) is 8.01. The summed E-state index contributed by atoms with van der Waals surface area (Å²) in [5.41, 5.74) is 6.71. The first-order valence-electron chi connectivity index (χ1n) is 9.90. The second kappa shape index (κ2) is 8.91. The summed E-state index contributed by atoms with van der Waals surface area (Å²) in [7, 11) is 4.38. The molecule has 1 aromatic heterocycles. The molecular weight excluding hydrogens is 334 g/mol. The van der Waals surface area contributed by atoms with E-state index in [0.717, 1.165) is 45.0 Å². The van der Waals surface area contributed by atoms with E-state index in [9.17, 15) is 0 Å². The lowest BCUT2D eigenvalue weighted by atomic mass is 9.98. The average molecular weight is 368 g/mol. The maximum Gasteiger partial charge on any atom is 0.115 e. The van der Waals surface area contributed by atoms with E-state index in [-0.39, 0.29) is 6.04 Å². The van der Waals surface area contributed by atoms with Gasteiger partial charge in [-0.3, -0.25) is 9.80 Å². The van der Waals surface area contributed by atoms with Crippen molar-refractivity contribution >= 4 is 0 Å². The van der Waals surface area contributed by atoms with Gasteiger partial charge in [0.15, 0.2) is 0 Å². The molecule has 0 N–H and O–H groups in total. The van der Waals surface area contributed by atoms with Gasteiger partial charge in [-0.05, 0) is 63.2 Å². The Hall–Kier alpha value is -1.82. The molecule has 5 heteroatoms. The highest BCUT2D eigenvalue weighted by Gasteiger charge is 2.17. The van der Waals surface area contributed by atoms with Gasteiger partial charge in [0.25, 0.3) is 0 Å². The third-order valence-electron chi connectivity index (χ3n) is 5.90. The molecular formula is C22H33N5. The van der Waals surface area contributed by atoms with E-state index in [1.165, 1.54) is 22.3 Å². The molecule has 0 aliphatic carbocycles. The van der Waals surface area contributed by atoms with Crippen LogP contribution >= 0.6 is 0 Å². The first-order chi connectivity index (χ1) is 12.9. The number of piperazine rings is 1. The van der Waals surface area contributed by atoms with Crippen LogP contribution in [-0.2, 0) is 13.1 Å². The van der Waals surface area contributed by atoms with Crippen LogP contribution in [0.5, 0.6) is 0 Å². The Labute approximate surface area is 164 Å². The van der Waals surface area contributed by atoms with Crippen LogP contribution in [0.4, 0.5) is 0 Å². The maximum atomic E-state index is 4.42. The van der Waals surface area contributed by atoms with Crippen molar-refractivity contribution in [1.29, 1.82) is 0 Å². The Balaban J connectivity index is 1.71. The summed E-state index contributed by atoms with van der Waals surface area (Å²) in [6.45, 7) is 13.3. The maximum absolute atomic E-state index is 4.42. The SMILES string of the molecule is Cc1cc(C)c(CN(C)[C@H](C)c2ccncn2)cc1CN1CCN(C)CC1. The van der Waals surface area contributed by atoms with Gasteiger partial charge >= 0.3 is 0 Å². The predicted octanol–water partition coefficient (Wildman–Crippen LogP) is 3.03. The lowest BCUT2D eigenvalue weighted by Gasteiger charge is -2.33. The molecule has 1 saturated heterocycles. The Kier molecular flexibility index (Phi) is 6.58. The Morgan fingerprint density at radius 3 is 2.44 bits per heavy atom. The van der Waals surface area contributed by atoms with Crippen LogP contribution in [0.25, 0.3) is 0 Å². The highest BCUT2D eigenvalue weighted by Crippen LogP contribution is 2.23. The van der Waals surface area contributed by atoms with Crippen LogP contribution < -0.4 is 0 Å². The molecule has 2 heterocycles. The van der Waals surface area contributed by atoms with Gasteiger partial charge < -0.3 is 4.90 Å². The molecule has 1 aromatic carbocycles. The largest absolute Gasteiger partial charge is 0.304 e. The minimum absolute atomic E-state index is 0.259. The molecule has 2 aromatic rings. The van der Waals surface area contributed by atoms with E-state index in [1.54, 1.807) is 6.33 Å². The highest BCUT2D eigenvalue weighted by atomic mass is 15.2. The fourth-order valence-corrected chi connectivity index (χ4v) is 3.72. The quantitative estimate of drug-likeness (QED) is 0.784. The van der Waals surface area contributed by atoms with Gasteiger partial charge in [0.2, 0.25) is 0 Å². The molecule has 1 aliphatic rings. The highest BCUT2D eigenvalue weighted by molar-refractivity contribution is 5.37. The topological polar surface area (TPSA) is 35.5 Å². The van der Waals surface area contributed by atoms with Crippen LogP contribution in [0.3, 0.4) is 0 Å². The Morgan fingerprint density at radius 2 is 1.78 bits per heavy atom. The summed E-state index contributed by atoms with van der Waals surface area (Å²) in [5.74, 6) is 0. The Bertz CT molecular complexity index is 738. The zero-order valence-corrected chi connectivity index (χ0v) is 17.4. The van der Waals surface area contributed by atoms with Crippen LogP contribution in [0, 0.1) is 13.8 Å². The summed E-state index contributed by atoms with van der Waals surface area (Å²) in [6, 6.07) is 7.03. The van der Waals surface area contributed by atoms with Gasteiger partial charge in [0, 0.05) is 51.5 Å². The molecule has 146 valence electrons. The number of hydrogen-bond donors (Lipinski definition) is 0. The minimum Gasteiger partial charge on any atom is -0.304 e. The van der Waals surface area contributed by atoms with Gasteiger partial charge in [-0.25, -0.2) is 9.97 Å². The zero-order valence-electron chi connectivity index (χ0n) is 17.4. The number of likely N-dealkylation sites (N-methyl/N-ethyl adjacent to an activating group) is 1. The summed E-state index contributed by atoms with van der Waals surface area (Å²) >= 11 is 0. The second-order valence-electron chi connectivity index (χ2n) is 8.01. The summed E-state index contributed by atoms with van der Waals surface area (Å²) in [4.78, 5) is 15.8. The van der Waals surface area contributed by atoms with Gasteiger partial charge in [-0.15, -0.1) is 0 Å². The van der Waals surface area contributed by atoms with Gasteiger partial charge in [-0.1, -0.05) is 12.1 Å². The number of rotatable bonds is 6. The molecule has 0 saturated carbocycles. The summed E-state index contributed by atoms with van der Waals surface area (Å²) in [5, 5.41) is 0. The standard InChI is InChI=1S/C22H33N5/c1-17-12-18(2)21(15-27-10-8-25(4)9-11-27)13-20(17)14-26(5)19(3)22-6-7-23-16-24-22/h6-7,12-13,16,19H,8-11,14-15H2,1-5H3/t19-/m1/s1. The first-order valence-corrected chi connectivity index (χ1v) is 9.90. The summed E-state index contributed by atoms with van der Waals surface area (Å²) in [6.07, 6.45) is 3.45. The fraction of sp³-hybridized carbons (Fsp3) is 0.545. The minimum atomic E-state index is 0.259. The molecule has 5 nitrogen and oxygen atoms in total. The third-order valence-corrected chi connectivity index (χ3v) is 5.90. The normalized spacial score (nSPS) is 17.4. The lowest BCUT2D eigenvalue weighted by Crippen LogP contribution is -2.44. The van der Waals surface area contributed by atoms with Crippen molar-refractivity contribution in [3.05, 3.63) is 58.7 Å². The van der Waals surface area contributed by atoms with Crippen LogP contribution in [-0.4, -0.2) is 64.9 Å². The summed E-state index contributed by atoms with van der Waals surface area (Å²) < 4.78 is 0. The van der Waals surface area contributed by atoms with Crippen molar-refractivity contribution in [2.45, 2.75) is 39.9 Å². The molecule has 3 rings (SSSR count). The number of nitrogens with zero attached hydrogens (tertiary/aromatic N) is 5. The van der Waals surface area contributed by atoms with Crippen molar-refractivity contribution in [3.63, 3.8) is 0 Å². The van der Waals surface area contributed by atoms with Crippen LogP contribution in [0.15, 0.2) is 30.7 Å². The van der Waals surface area contributed by atoms with Gasteiger partial charge in [-0.2, -0.15) is 0 Å². The van der Waals surface area contributed by atoms with E-state index < -0.39 is 0 Å². The van der Waals surface area contributed by atoms with Crippen molar-refractivity contribution in [2.75, 3.05) is 40.3 Å². The fourth-order valence-electron chi connectivity index (χ4n) is 3.72. The zero-order chi connectivity index (χ0) is 19.4. The first kappa shape index (κ1) is 19.9. The molecule has 0 spiro atoms. The van der Waals surface area contributed by atoms with Crippen LogP contribution in [0.2, 0.25) is 0 Å². The van der Waals surface area contributed by atoms with Crippen molar-refractivity contribution < 1.29 is 0 Å². The van der Waals surface area contributed by atoms with E-state index >= 15 is 0 Å². The number of aryl methyl sites for hydroxylation is 2. The molecule has 1 aliphatic heterocycles. The number of hydrogen-bond acceptors (Lipinski definition) is 5. The Morgan fingerprint density at radius 1 is 1.07 bits per heavy atom. The van der Waals surface area contributed by atoms with E-state index in [4.69, 9.17) is 0 Å². The van der Waals surface area contributed by atoms with Crippen LogP contribution in [0.1, 0.15) is 40.9 Å². The molecule has 0 unspecified atom stereocenters. The van der Waals surface area contributed by atoms with Crippen molar-refractivity contribution in [2.24, 2.45) is 0 Å². The third kappa shape index (κ3) is 5.12. The molecule has 0 bridgehead atoms. The van der Waals surface area contributed by atoms with E-state index in [0.29, 0.717) is 0 Å².